The Kier molecular flexibility index (Phi) is 4.05. The lowest BCUT2D eigenvalue weighted by atomic mass is 10.3. The molecule has 0 saturated carbocycles. The summed E-state index contributed by atoms with van der Waals surface area (Å²) in [5.41, 5.74) is 2.62. The summed E-state index contributed by atoms with van der Waals surface area (Å²) < 4.78 is 2.70. The first kappa shape index (κ1) is 14.2. The van der Waals surface area contributed by atoms with Gasteiger partial charge < -0.3 is 5.11 Å². The number of aliphatic hydroxyl groups excluding tert-OH is 1. The lowest BCUT2D eigenvalue weighted by molar-refractivity contribution is 0.278. The molecule has 21 heavy (non-hydrogen) atoms. The maximum absolute atomic E-state index is 9.64. The van der Waals surface area contributed by atoms with E-state index in [1.807, 2.05) is 48.9 Å². The zero-order valence-corrected chi connectivity index (χ0v) is 13.3. The molecule has 3 aromatic rings. The Hall–Kier alpha value is -1.70. The normalized spacial score (nSPS) is 11.0. The molecule has 1 N–H and O–H groups in total. The number of aliphatic hydroxyl groups is 1. The summed E-state index contributed by atoms with van der Waals surface area (Å²) in [7, 11) is 0. The van der Waals surface area contributed by atoms with E-state index >= 15 is 0 Å². The molecule has 0 aliphatic rings. The molecule has 3 rings (SSSR count). The van der Waals surface area contributed by atoms with Crippen LogP contribution in [-0.4, -0.2) is 25.1 Å². The second-order valence-corrected chi connectivity index (χ2v) is 6.88. The second kappa shape index (κ2) is 5.97. The summed E-state index contributed by atoms with van der Waals surface area (Å²) >= 11 is 3.02. The van der Waals surface area contributed by atoms with Gasteiger partial charge in [-0.05, 0) is 37.7 Å². The summed E-state index contributed by atoms with van der Waals surface area (Å²) in [4.78, 5) is 0. The quantitative estimate of drug-likeness (QED) is 0.801. The van der Waals surface area contributed by atoms with Crippen molar-refractivity contribution in [3.8, 4) is 5.69 Å². The topological polar surface area (TPSA) is 63.8 Å². The highest BCUT2D eigenvalue weighted by atomic mass is 32.2. The lowest BCUT2D eigenvalue weighted by Gasteiger charge is -2.06. The largest absolute Gasteiger partial charge is 0.392 e. The summed E-state index contributed by atoms with van der Waals surface area (Å²) in [5.74, 6) is 0. The smallest absolute Gasteiger partial charge is 0.180 e. The molecule has 0 amide bonds. The number of benzene rings is 1. The molecule has 0 aliphatic heterocycles. The molecule has 0 saturated heterocycles. The van der Waals surface area contributed by atoms with Gasteiger partial charge >= 0.3 is 0 Å². The molecular formula is C14H14N4OS2. The first-order chi connectivity index (χ1) is 10.2. The summed E-state index contributed by atoms with van der Waals surface area (Å²) in [6.45, 7) is 3.79. The first-order valence-electron chi connectivity index (χ1n) is 6.41. The zero-order chi connectivity index (χ0) is 14.8. The predicted octanol–water partition coefficient (Wildman–Crippen LogP) is 2.98. The number of aryl methyl sites for hydroxylation is 2. The van der Waals surface area contributed by atoms with Gasteiger partial charge in [-0.15, -0.1) is 10.2 Å². The molecule has 0 radical (unpaired) electrons. The molecule has 2 heterocycles. The van der Waals surface area contributed by atoms with Crippen LogP contribution in [0.5, 0.6) is 0 Å². The Bertz CT molecular complexity index is 752. The molecule has 0 fully saturated rings. The molecule has 5 nitrogen and oxygen atoms in total. The average Bonchev–Trinajstić information content (AvgIpc) is 3.04. The van der Waals surface area contributed by atoms with Crippen LogP contribution in [0.1, 0.15) is 16.3 Å². The van der Waals surface area contributed by atoms with E-state index in [0.29, 0.717) is 0 Å². The Morgan fingerprint density at radius 1 is 1.19 bits per heavy atom. The molecule has 7 heteroatoms. The van der Waals surface area contributed by atoms with Crippen molar-refractivity contribution in [2.75, 3.05) is 0 Å². The van der Waals surface area contributed by atoms with Gasteiger partial charge in [-0.25, -0.2) is 4.68 Å². The van der Waals surface area contributed by atoms with Crippen molar-refractivity contribution in [2.45, 2.75) is 29.8 Å². The highest BCUT2D eigenvalue weighted by molar-refractivity contribution is 8.01. The fraction of sp³-hybridized carbons (Fsp3) is 0.214. The molecule has 1 aromatic carbocycles. The van der Waals surface area contributed by atoms with E-state index in [0.717, 1.165) is 31.3 Å². The van der Waals surface area contributed by atoms with Crippen LogP contribution in [0, 0.1) is 13.8 Å². The minimum absolute atomic E-state index is 0.0429. The number of hydrogen-bond donors (Lipinski definition) is 1. The summed E-state index contributed by atoms with van der Waals surface area (Å²) in [6, 6.07) is 9.88. The van der Waals surface area contributed by atoms with E-state index in [2.05, 4.69) is 15.3 Å². The molecular weight excluding hydrogens is 304 g/mol. The molecule has 108 valence electrons. The lowest BCUT2D eigenvalue weighted by Crippen LogP contribution is -1.98. The molecule has 2 aromatic heterocycles. The van der Waals surface area contributed by atoms with Gasteiger partial charge in [0.15, 0.2) is 4.34 Å². The monoisotopic (exact) mass is 318 g/mol. The minimum Gasteiger partial charge on any atom is -0.392 e. The number of aromatic nitrogens is 4. The van der Waals surface area contributed by atoms with Gasteiger partial charge in [-0.2, -0.15) is 5.10 Å². The average molecular weight is 318 g/mol. The van der Waals surface area contributed by atoms with Crippen LogP contribution in [-0.2, 0) is 6.61 Å². The van der Waals surface area contributed by atoms with E-state index < -0.39 is 0 Å². The number of rotatable bonds is 4. The van der Waals surface area contributed by atoms with Gasteiger partial charge in [-0.1, -0.05) is 29.5 Å². The highest BCUT2D eigenvalue weighted by Gasteiger charge is 2.18. The molecule has 0 atom stereocenters. The third kappa shape index (κ3) is 2.85. The minimum atomic E-state index is -0.0429. The van der Waals surface area contributed by atoms with Gasteiger partial charge in [0.1, 0.15) is 10.0 Å². The standard InChI is InChI=1S/C14H14N4OS2/c1-9-12(8-19)13(21-14-16-15-10(2)20-14)18(17-9)11-6-4-3-5-7-11/h3-7,19H,8H2,1-2H3. The second-order valence-electron chi connectivity index (χ2n) is 4.46. The van der Waals surface area contributed by atoms with Gasteiger partial charge in [-0.3, -0.25) is 0 Å². The van der Waals surface area contributed by atoms with Crippen molar-refractivity contribution in [3.63, 3.8) is 0 Å². The number of hydrogen-bond acceptors (Lipinski definition) is 6. The van der Waals surface area contributed by atoms with Crippen molar-refractivity contribution in [3.05, 3.63) is 46.6 Å². The van der Waals surface area contributed by atoms with Crippen molar-refractivity contribution in [1.29, 1.82) is 0 Å². The van der Waals surface area contributed by atoms with Crippen molar-refractivity contribution < 1.29 is 5.11 Å². The Balaban J connectivity index is 2.08. The van der Waals surface area contributed by atoms with Crippen LogP contribution < -0.4 is 0 Å². The Morgan fingerprint density at radius 2 is 1.95 bits per heavy atom. The molecule has 0 aliphatic carbocycles. The highest BCUT2D eigenvalue weighted by Crippen LogP contribution is 2.35. The van der Waals surface area contributed by atoms with E-state index in [-0.39, 0.29) is 6.61 Å². The SMILES string of the molecule is Cc1nnc(Sc2c(CO)c(C)nn2-c2ccccc2)s1. The maximum atomic E-state index is 9.64. The molecule has 0 unspecified atom stereocenters. The van der Waals surface area contributed by atoms with Crippen LogP contribution in [0.4, 0.5) is 0 Å². The van der Waals surface area contributed by atoms with Crippen LogP contribution in [0.25, 0.3) is 5.69 Å². The van der Waals surface area contributed by atoms with Crippen LogP contribution >= 0.6 is 23.1 Å². The third-order valence-electron chi connectivity index (χ3n) is 2.99. The van der Waals surface area contributed by atoms with Crippen molar-refractivity contribution in [1.82, 2.24) is 20.0 Å². The predicted molar refractivity (Wildman–Crippen MR) is 83.0 cm³/mol. The van der Waals surface area contributed by atoms with Gasteiger partial charge in [0.05, 0.1) is 18.0 Å². The van der Waals surface area contributed by atoms with E-state index in [4.69, 9.17) is 0 Å². The van der Waals surface area contributed by atoms with Crippen LogP contribution in [0.2, 0.25) is 0 Å². The third-order valence-corrected chi connectivity index (χ3v) is 4.99. The summed E-state index contributed by atoms with van der Waals surface area (Å²) in [5, 5.41) is 24.2. The van der Waals surface area contributed by atoms with Gasteiger partial charge in [0.2, 0.25) is 0 Å². The van der Waals surface area contributed by atoms with E-state index in [9.17, 15) is 5.11 Å². The Morgan fingerprint density at radius 3 is 2.57 bits per heavy atom. The van der Waals surface area contributed by atoms with Gasteiger partial charge in [0.25, 0.3) is 0 Å². The van der Waals surface area contributed by atoms with Crippen LogP contribution in [0.3, 0.4) is 0 Å². The Labute approximate surface area is 130 Å². The molecule has 0 bridgehead atoms. The van der Waals surface area contributed by atoms with Gasteiger partial charge in [0, 0.05) is 5.56 Å². The fourth-order valence-corrected chi connectivity index (χ4v) is 3.97. The van der Waals surface area contributed by atoms with E-state index in [1.54, 1.807) is 0 Å². The fourth-order valence-electron chi connectivity index (χ4n) is 1.97. The zero-order valence-electron chi connectivity index (χ0n) is 11.6. The van der Waals surface area contributed by atoms with Crippen molar-refractivity contribution in [2.24, 2.45) is 0 Å². The van der Waals surface area contributed by atoms with Crippen LogP contribution in [0.15, 0.2) is 39.7 Å². The summed E-state index contributed by atoms with van der Waals surface area (Å²) in [6.07, 6.45) is 0. The van der Waals surface area contributed by atoms with E-state index in [1.165, 1.54) is 23.1 Å². The number of para-hydroxylation sites is 1. The first-order valence-corrected chi connectivity index (χ1v) is 8.05. The van der Waals surface area contributed by atoms with Crippen molar-refractivity contribution >= 4 is 23.1 Å². The maximum Gasteiger partial charge on any atom is 0.180 e. The number of nitrogens with zero attached hydrogens (tertiary/aromatic N) is 4. The molecule has 0 spiro atoms.